The van der Waals surface area contributed by atoms with Gasteiger partial charge in [0.1, 0.15) is 5.75 Å². The second kappa shape index (κ2) is 8.37. The number of ether oxygens (including phenoxy) is 1. The van der Waals surface area contributed by atoms with E-state index < -0.39 is 0 Å². The van der Waals surface area contributed by atoms with E-state index in [0.29, 0.717) is 18.9 Å². The molecule has 0 spiro atoms. The Balaban J connectivity index is 1.82. The van der Waals surface area contributed by atoms with Gasteiger partial charge in [0, 0.05) is 24.2 Å². The fourth-order valence-corrected chi connectivity index (χ4v) is 2.41. The van der Waals surface area contributed by atoms with Gasteiger partial charge in [0.2, 0.25) is 0 Å². The standard InChI is InChI=1S/C20H25NO2/c1-4-15(2)16-5-9-18(10-6-16)21-14-13-20(22)17-7-11-19(23-3)12-8-17/h5-12,15,21H,4,13-14H2,1-3H3/t15-/m0/s1. The summed E-state index contributed by atoms with van der Waals surface area (Å²) in [7, 11) is 1.62. The van der Waals surface area contributed by atoms with Crippen LogP contribution in [-0.2, 0) is 0 Å². The number of benzene rings is 2. The van der Waals surface area contributed by atoms with E-state index in [1.165, 1.54) is 5.56 Å². The molecule has 122 valence electrons. The number of carbonyl (C=O) groups is 1. The summed E-state index contributed by atoms with van der Waals surface area (Å²) in [5.41, 5.74) is 3.13. The molecule has 3 heteroatoms. The van der Waals surface area contributed by atoms with Gasteiger partial charge in [-0.2, -0.15) is 0 Å². The summed E-state index contributed by atoms with van der Waals surface area (Å²) in [6.07, 6.45) is 1.61. The Morgan fingerprint density at radius 2 is 1.74 bits per heavy atom. The molecule has 1 N–H and O–H groups in total. The lowest BCUT2D eigenvalue weighted by Crippen LogP contribution is -2.09. The largest absolute Gasteiger partial charge is 0.497 e. The molecule has 0 unspecified atom stereocenters. The van der Waals surface area contributed by atoms with Crippen molar-refractivity contribution >= 4 is 11.5 Å². The lowest BCUT2D eigenvalue weighted by atomic mass is 9.98. The zero-order valence-electron chi connectivity index (χ0n) is 14.1. The molecule has 0 aliphatic heterocycles. The van der Waals surface area contributed by atoms with Crippen molar-refractivity contribution in [2.24, 2.45) is 0 Å². The van der Waals surface area contributed by atoms with Crippen LogP contribution in [0, 0.1) is 0 Å². The van der Waals surface area contributed by atoms with Crippen molar-refractivity contribution in [3.05, 3.63) is 59.7 Å². The third-order valence-corrected chi connectivity index (χ3v) is 4.19. The van der Waals surface area contributed by atoms with Crippen LogP contribution in [0.2, 0.25) is 0 Å². The fourth-order valence-electron chi connectivity index (χ4n) is 2.41. The molecule has 1 atom stereocenters. The predicted molar refractivity (Wildman–Crippen MR) is 95.6 cm³/mol. The van der Waals surface area contributed by atoms with Gasteiger partial charge in [-0.05, 0) is 54.3 Å². The molecule has 0 aliphatic carbocycles. The van der Waals surface area contributed by atoms with E-state index in [4.69, 9.17) is 4.74 Å². The number of hydrogen-bond acceptors (Lipinski definition) is 3. The molecule has 0 fully saturated rings. The summed E-state index contributed by atoms with van der Waals surface area (Å²) < 4.78 is 5.10. The van der Waals surface area contributed by atoms with E-state index in [9.17, 15) is 4.79 Å². The van der Waals surface area contributed by atoms with Crippen LogP contribution in [0.15, 0.2) is 48.5 Å². The lowest BCUT2D eigenvalue weighted by molar-refractivity contribution is 0.0986. The summed E-state index contributed by atoms with van der Waals surface area (Å²) in [6, 6.07) is 15.7. The number of ketones is 1. The van der Waals surface area contributed by atoms with Crippen LogP contribution in [0.5, 0.6) is 5.75 Å². The summed E-state index contributed by atoms with van der Waals surface area (Å²) in [5.74, 6) is 1.48. The van der Waals surface area contributed by atoms with Crippen molar-refractivity contribution in [2.75, 3.05) is 19.0 Å². The first-order valence-corrected chi connectivity index (χ1v) is 8.15. The van der Waals surface area contributed by atoms with Gasteiger partial charge in [-0.15, -0.1) is 0 Å². The zero-order chi connectivity index (χ0) is 16.7. The molecule has 0 radical (unpaired) electrons. The average Bonchev–Trinajstić information content (AvgIpc) is 2.61. The molecule has 0 bridgehead atoms. The minimum atomic E-state index is 0.136. The molecule has 2 aromatic rings. The Hall–Kier alpha value is -2.29. The maximum absolute atomic E-state index is 12.1. The van der Waals surface area contributed by atoms with Gasteiger partial charge < -0.3 is 10.1 Å². The van der Waals surface area contributed by atoms with Crippen LogP contribution < -0.4 is 10.1 Å². The van der Waals surface area contributed by atoms with Crippen LogP contribution in [0.4, 0.5) is 5.69 Å². The molecule has 0 saturated heterocycles. The quantitative estimate of drug-likeness (QED) is 0.705. The number of carbonyl (C=O) groups excluding carboxylic acids is 1. The first-order chi connectivity index (χ1) is 11.1. The van der Waals surface area contributed by atoms with Gasteiger partial charge in [0.15, 0.2) is 5.78 Å². The molecule has 2 aromatic carbocycles. The van der Waals surface area contributed by atoms with E-state index in [-0.39, 0.29) is 5.78 Å². The minimum absolute atomic E-state index is 0.136. The number of nitrogens with one attached hydrogen (secondary N) is 1. The van der Waals surface area contributed by atoms with Crippen LogP contribution in [0.1, 0.15) is 48.5 Å². The SMILES string of the molecule is CC[C@H](C)c1ccc(NCCC(=O)c2ccc(OC)cc2)cc1. The first-order valence-electron chi connectivity index (χ1n) is 8.15. The molecule has 0 amide bonds. The monoisotopic (exact) mass is 311 g/mol. The van der Waals surface area contributed by atoms with Gasteiger partial charge in [-0.1, -0.05) is 26.0 Å². The molecule has 23 heavy (non-hydrogen) atoms. The molecule has 3 nitrogen and oxygen atoms in total. The highest BCUT2D eigenvalue weighted by molar-refractivity contribution is 5.96. The molecular weight excluding hydrogens is 286 g/mol. The molecule has 0 aromatic heterocycles. The summed E-state index contributed by atoms with van der Waals surface area (Å²) in [5, 5.41) is 3.31. The maximum Gasteiger partial charge on any atom is 0.164 e. The van der Waals surface area contributed by atoms with Crippen LogP contribution in [0.3, 0.4) is 0 Å². The van der Waals surface area contributed by atoms with Crippen LogP contribution in [-0.4, -0.2) is 19.4 Å². The van der Waals surface area contributed by atoms with Crippen LogP contribution in [0.25, 0.3) is 0 Å². The van der Waals surface area contributed by atoms with Gasteiger partial charge in [0.25, 0.3) is 0 Å². The normalized spacial score (nSPS) is 11.8. The van der Waals surface area contributed by atoms with Gasteiger partial charge >= 0.3 is 0 Å². The van der Waals surface area contributed by atoms with Crippen molar-refractivity contribution in [1.82, 2.24) is 0 Å². The summed E-state index contributed by atoms with van der Waals surface area (Å²) >= 11 is 0. The number of Topliss-reactive ketones (excluding diaryl/α,β-unsaturated/α-hetero) is 1. The Kier molecular flexibility index (Phi) is 6.21. The Morgan fingerprint density at radius 3 is 2.30 bits per heavy atom. The highest BCUT2D eigenvalue weighted by atomic mass is 16.5. The van der Waals surface area contributed by atoms with Crippen molar-refractivity contribution in [3.8, 4) is 5.75 Å². The number of methoxy groups -OCH3 is 1. The van der Waals surface area contributed by atoms with Crippen molar-refractivity contribution < 1.29 is 9.53 Å². The Labute approximate surface area is 138 Å². The summed E-state index contributed by atoms with van der Waals surface area (Å²) in [6.45, 7) is 5.06. The molecular formula is C20H25NO2. The second-order valence-corrected chi connectivity index (χ2v) is 5.76. The first kappa shape index (κ1) is 17.1. The smallest absolute Gasteiger partial charge is 0.164 e. The van der Waals surface area contributed by atoms with Crippen LogP contribution >= 0.6 is 0 Å². The molecule has 0 saturated carbocycles. The Morgan fingerprint density at radius 1 is 1.09 bits per heavy atom. The molecule has 2 rings (SSSR count). The van der Waals surface area contributed by atoms with E-state index in [0.717, 1.165) is 23.4 Å². The number of anilines is 1. The maximum atomic E-state index is 12.1. The highest BCUT2D eigenvalue weighted by Crippen LogP contribution is 2.20. The average molecular weight is 311 g/mol. The Bertz CT molecular complexity index is 617. The van der Waals surface area contributed by atoms with Crippen molar-refractivity contribution in [2.45, 2.75) is 32.6 Å². The number of hydrogen-bond donors (Lipinski definition) is 1. The molecule has 0 aliphatic rings. The lowest BCUT2D eigenvalue weighted by Gasteiger charge is -2.11. The van der Waals surface area contributed by atoms with Gasteiger partial charge in [-0.3, -0.25) is 4.79 Å². The van der Waals surface area contributed by atoms with Crippen molar-refractivity contribution in [1.29, 1.82) is 0 Å². The van der Waals surface area contributed by atoms with E-state index in [2.05, 4.69) is 43.4 Å². The summed E-state index contributed by atoms with van der Waals surface area (Å²) in [4.78, 5) is 12.1. The minimum Gasteiger partial charge on any atom is -0.497 e. The third-order valence-electron chi connectivity index (χ3n) is 4.19. The second-order valence-electron chi connectivity index (χ2n) is 5.76. The van der Waals surface area contributed by atoms with Gasteiger partial charge in [-0.25, -0.2) is 0 Å². The molecule has 0 heterocycles. The van der Waals surface area contributed by atoms with Crippen molar-refractivity contribution in [3.63, 3.8) is 0 Å². The topological polar surface area (TPSA) is 38.3 Å². The third kappa shape index (κ3) is 4.85. The van der Waals surface area contributed by atoms with E-state index in [1.807, 2.05) is 24.3 Å². The number of rotatable bonds is 8. The van der Waals surface area contributed by atoms with E-state index >= 15 is 0 Å². The van der Waals surface area contributed by atoms with Gasteiger partial charge in [0.05, 0.1) is 7.11 Å². The highest BCUT2D eigenvalue weighted by Gasteiger charge is 2.06. The fraction of sp³-hybridized carbons (Fsp3) is 0.350. The van der Waals surface area contributed by atoms with E-state index in [1.54, 1.807) is 7.11 Å². The predicted octanol–water partition coefficient (Wildman–Crippen LogP) is 4.89. The zero-order valence-corrected chi connectivity index (χ0v) is 14.1.